The van der Waals surface area contributed by atoms with Crippen LogP contribution in [0.4, 0.5) is 8.78 Å². The summed E-state index contributed by atoms with van der Waals surface area (Å²) in [5.74, 6) is -2.13. The molecule has 28 heavy (non-hydrogen) atoms. The van der Waals surface area contributed by atoms with Gasteiger partial charge in [0.1, 0.15) is 12.3 Å². The van der Waals surface area contributed by atoms with Crippen LogP contribution in [0.2, 0.25) is 0 Å². The van der Waals surface area contributed by atoms with E-state index in [1.807, 2.05) is 13.8 Å². The van der Waals surface area contributed by atoms with Crippen LogP contribution in [0.5, 0.6) is 0 Å². The van der Waals surface area contributed by atoms with Gasteiger partial charge in [0.15, 0.2) is 17.9 Å². The van der Waals surface area contributed by atoms with Gasteiger partial charge in [0, 0.05) is 11.3 Å². The summed E-state index contributed by atoms with van der Waals surface area (Å²) in [6.45, 7) is 5.48. The minimum atomic E-state index is -1.49. The fraction of sp³-hybridized carbons (Fsp3) is 0.682. The Labute approximate surface area is 168 Å². The third-order valence-corrected chi connectivity index (χ3v) is 9.26. The molecule has 0 amide bonds. The molecule has 3 nitrogen and oxygen atoms in total. The molecule has 0 aromatic carbocycles. The number of alkyl halides is 3. The molecule has 3 fully saturated rings. The monoisotopic (exact) mass is 410 g/mol. The Bertz CT molecular complexity index is 823. The lowest BCUT2D eigenvalue weighted by molar-refractivity contribution is -0.140. The molecule has 0 saturated heterocycles. The van der Waals surface area contributed by atoms with Gasteiger partial charge in [-0.15, -0.1) is 11.6 Å². The highest BCUT2D eigenvalue weighted by Crippen LogP contribution is 2.71. The lowest BCUT2D eigenvalue weighted by Gasteiger charge is -2.63. The predicted molar refractivity (Wildman–Crippen MR) is 101 cm³/mol. The van der Waals surface area contributed by atoms with Crippen LogP contribution in [-0.4, -0.2) is 35.1 Å². The number of hydrogen-bond acceptors (Lipinski definition) is 3. The van der Waals surface area contributed by atoms with Crippen LogP contribution in [0.25, 0.3) is 0 Å². The second kappa shape index (κ2) is 6.07. The summed E-state index contributed by atoms with van der Waals surface area (Å²) in [7, 11) is 0. The van der Waals surface area contributed by atoms with Gasteiger partial charge in [-0.25, -0.2) is 8.78 Å². The third kappa shape index (κ3) is 2.23. The van der Waals surface area contributed by atoms with Gasteiger partial charge >= 0.3 is 0 Å². The largest absolute Gasteiger partial charge is 0.295 e. The molecule has 6 heteroatoms. The minimum absolute atomic E-state index is 0.0292. The molecule has 4 aliphatic rings. The second-order valence-corrected chi connectivity index (χ2v) is 10.2. The van der Waals surface area contributed by atoms with Crippen LogP contribution in [0.15, 0.2) is 23.8 Å². The van der Waals surface area contributed by atoms with Gasteiger partial charge in [-0.1, -0.05) is 26.8 Å². The number of halogens is 3. The fourth-order valence-electron chi connectivity index (χ4n) is 7.18. The van der Waals surface area contributed by atoms with E-state index in [-0.39, 0.29) is 36.0 Å². The van der Waals surface area contributed by atoms with E-state index in [2.05, 4.69) is 0 Å². The van der Waals surface area contributed by atoms with Crippen molar-refractivity contribution in [2.24, 2.45) is 34.5 Å². The summed E-state index contributed by atoms with van der Waals surface area (Å²) in [6.07, 6.45) is 2.32. The zero-order chi connectivity index (χ0) is 20.6. The van der Waals surface area contributed by atoms with Crippen molar-refractivity contribution in [2.45, 2.75) is 57.3 Å². The highest BCUT2D eigenvalue weighted by atomic mass is 35.5. The molecular formula is C22H25ClF2O3. The number of Topliss-reactive ketones (excluding diaryl/α,β-unsaturated/α-hetero) is 1. The lowest BCUT2D eigenvalue weighted by Crippen LogP contribution is -2.66. The van der Waals surface area contributed by atoms with Crippen molar-refractivity contribution in [1.29, 1.82) is 0 Å². The van der Waals surface area contributed by atoms with E-state index in [4.69, 9.17) is 11.6 Å². The average Bonchev–Trinajstić information content (AvgIpc) is 2.89. The van der Waals surface area contributed by atoms with Gasteiger partial charge in [-0.2, -0.15) is 0 Å². The topological polar surface area (TPSA) is 51.2 Å². The van der Waals surface area contributed by atoms with Gasteiger partial charge in [0.2, 0.25) is 0 Å². The Kier molecular flexibility index (Phi) is 4.32. The maximum atomic E-state index is 15.9. The van der Waals surface area contributed by atoms with Crippen molar-refractivity contribution in [3.63, 3.8) is 0 Å². The Morgan fingerprint density at radius 2 is 1.93 bits per heavy atom. The van der Waals surface area contributed by atoms with E-state index in [0.717, 1.165) is 0 Å². The summed E-state index contributed by atoms with van der Waals surface area (Å²) in [6, 6.07) is 0. The average molecular weight is 411 g/mol. The van der Waals surface area contributed by atoms with Crippen LogP contribution in [0, 0.1) is 34.5 Å². The molecule has 0 aliphatic heterocycles. The number of carbonyl (C=O) groups is 3. The van der Waals surface area contributed by atoms with Gasteiger partial charge < -0.3 is 0 Å². The Morgan fingerprint density at radius 3 is 2.57 bits per heavy atom. The molecule has 0 spiro atoms. The van der Waals surface area contributed by atoms with Crippen molar-refractivity contribution in [3.05, 3.63) is 23.8 Å². The van der Waals surface area contributed by atoms with Crippen molar-refractivity contribution in [2.75, 3.05) is 0 Å². The molecule has 152 valence electrons. The number of fused-ring (bicyclic) bond motifs is 5. The van der Waals surface area contributed by atoms with Gasteiger partial charge in [0.05, 0.1) is 4.87 Å². The van der Waals surface area contributed by atoms with Gasteiger partial charge in [0.25, 0.3) is 0 Å². The number of ketones is 2. The summed E-state index contributed by atoms with van der Waals surface area (Å²) in [4.78, 5) is 34.0. The van der Waals surface area contributed by atoms with Crippen molar-refractivity contribution in [3.8, 4) is 0 Å². The quantitative estimate of drug-likeness (QED) is 0.390. The number of allylic oxidation sites excluding steroid dienone is 4. The highest BCUT2D eigenvalue weighted by Gasteiger charge is 2.72. The molecule has 3 saturated carbocycles. The van der Waals surface area contributed by atoms with Gasteiger partial charge in [-0.05, 0) is 60.2 Å². The zero-order valence-corrected chi connectivity index (χ0v) is 17.0. The zero-order valence-electron chi connectivity index (χ0n) is 16.3. The standard InChI is InChI=1S/C22H25ClF2O3/c1-11-6-13-14-8-16(24)15-7-12(27)4-5-21(15,3)22(14,23)18(25)9-20(13,2)19(11)17(28)10-26/h4-5,7,10-11,13-14,16,18-19H,6,8-9H2,1-3H3/t11-,13+,14+,16+,18+,19-,20+,21+,22+/m1/s1. The molecule has 4 aliphatic carbocycles. The van der Waals surface area contributed by atoms with Crippen LogP contribution in [0.3, 0.4) is 0 Å². The Hall–Kier alpha value is -1.36. The first-order valence-electron chi connectivity index (χ1n) is 9.92. The summed E-state index contributed by atoms with van der Waals surface area (Å²) in [5, 5.41) is 0. The first kappa shape index (κ1) is 19.9. The van der Waals surface area contributed by atoms with Crippen LogP contribution in [0.1, 0.15) is 40.0 Å². The smallest absolute Gasteiger partial charge is 0.199 e. The third-order valence-electron chi connectivity index (χ3n) is 8.35. The predicted octanol–water partition coefficient (Wildman–Crippen LogP) is 4.18. The minimum Gasteiger partial charge on any atom is -0.295 e. The molecule has 0 aromatic heterocycles. The first-order chi connectivity index (χ1) is 13.0. The summed E-state index contributed by atoms with van der Waals surface area (Å²) in [5.41, 5.74) is -1.59. The van der Waals surface area contributed by atoms with E-state index < -0.39 is 45.7 Å². The summed E-state index contributed by atoms with van der Waals surface area (Å²) < 4.78 is 31.1. The van der Waals surface area contributed by atoms with Crippen molar-refractivity contribution < 1.29 is 23.2 Å². The second-order valence-electron chi connectivity index (χ2n) is 9.61. The molecule has 0 N–H and O–H groups in total. The first-order valence-corrected chi connectivity index (χ1v) is 10.3. The van der Waals surface area contributed by atoms with Crippen LogP contribution in [-0.2, 0) is 14.4 Å². The maximum Gasteiger partial charge on any atom is 0.199 e. The van der Waals surface area contributed by atoms with Crippen LogP contribution >= 0.6 is 11.6 Å². The SMILES string of the molecule is C[C@@H]1C[C@H]2[C@@H]3C[C@H](F)C4=CC(=O)C=C[C@]4(C)[C@@]3(Cl)[C@@H](F)C[C@]2(C)[C@H]1C(=O)C=O. The fourth-order valence-corrected chi connectivity index (χ4v) is 7.67. The van der Waals surface area contributed by atoms with Gasteiger partial charge in [-0.3, -0.25) is 14.4 Å². The van der Waals surface area contributed by atoms with E-state index in [1.165, 1.54) is 12.2 Å². The molecule has 0 radical (unpaired) electrons. The number of carbonyl (C=O) groups excluding carboxylic acids is 3. The van der Waals surface area contributed by atoms with E-state index >= 15 is 8.78 Å². The van der Waals surface area contributed by atoms with Crippen molar-refractivity contribution >= 4 is 29.5 Å². The van der Waals surface area contributed by atoms with Crippen LogP contribution < -0.4 is 0 Å². The maximum absolute atomic E-state index is 15.9. The number of aldehydes is 1. The summed E-state index contributed by atoms with van der Waals surface area (Å²) >= 11 is 7.09. The molecule has 0 unspecified atom stereocenters. The lowest BCUT2D eigenvalue weighted by atomic mass is 9.46. The molecular weight excluding hydrogens is 386 g/mol. The number of rotatable bonds is 2. The molecule has 4 rings (SSSR count). The normalized spacial score (nSPS) is 52.4. The van der Waals surface area contributed by atoms with E-state index in [1.54, 1.807) is 13.0 Å². The molecule has 0 heterocycles. The van der Waals surface area contributed by atoms with Crippen molar-refractivity contribution in [1.82, 2.24) is 0 Å². The van der Waals surface area contributed by atoms with E-state index in [9.17, 15) is 14.4 Å². The Morgan fingerprint density at radius 1 is 1.25 bits per heavy atom. The number of hydrogen-bond donors (Lipinski definition) is 0. The molecule has 9 atom stereocenters. The van der Waals surface area contributed by atoms with E-state index in [0.29, 0.717) is 12.7 Å². The highest BCUT2D eigenvalue weighted by molar-refractivity contribution is 6.27. The Balaban J connectivity index is 1.85. The molecule has 0 bridgehead atoms. The molecule has 0 aromatic rings.